The van der Waals surface area contributed by atoms with Gasteiger partial charge in [0.2, 0.25) is 0 Å². The lowest BCUT2D eigenvalue weighted by molar-refractivity contribution is -0.126. The van der Waals surface area contributed by atoms with E-state index in [1.54, 1.807) is 12.3 Å². The first-order chi connectivity index (χ1) is 14.8. The standard InChI is InChI=1S/C20H22ClF3N6S/c1-2-19(10-26-8-13-7-25-9-16(21)29-13)3-4-30(11-19)17-15-5-14(6-20(22,23)24)31-18(15)28-12-27-17/h5,7,9,12,26H,2-4,6,8,10-11H2,1H3. The van der Waals surface area contributed by atoms with Crippen LogP contribution in [0.3, 0.4) is 0 Å². The minimum Gasteiger partial charge on any atom is -0.355 e. The molecule has 1 fully saturated rings. The number of thiophene rings is 1. The summed E-state index contributed by atoms with van der Waals surface area (Å²) in [6, 6.07) is 1.59. The van der Waals surface area contributed by atoms with Crippen LogP contribution in [0.5, 0.6) is 0 Å². The van der Waals surface area contributed by atoms with E-state index in [4.69, 9.17) is 11.6 Å². The maximum Gasteiger partial charge on any atom is 0.393 e. The molecule has 1 aliphatic rings. The Morgan fingerprint density at radius 3 is 2.87 bits per heavy atom. The van der Waals surface area contributed by atoms with E-state index in [9.17, 15) is 13.2 Å². The summed E-state index contributed by atoms with van der Waals surface area (Å²) in [7, 11) is 0. The first-order valence-electron chi connectivity index (χ1n) is 9.99. The molecule has 1 N–H and O–H groups in total. The minimum atomic E-state index is -4.24. The van der Waals surface area contributed by atoms with Crippen molar-refractivity contribution >= 4 is 39.0 Å². The monoisotopic (exact) mass is 470 g/mol. The molecular formula is C20H22ClF3N6S. The van der Waals surface area contributed by atoms with E-state index in [2.05, 4.69) is 37.1 Å². The molecule has 0 bridgehead atoms. The Labute approximate surface area is 186 Å². The van der Waals surface area contributed by atoms with Crippen molar-refractivity contribution in [2.45, 2.75) is 38.9 Å². The molecule has 0 radical (unpaired) electrons. The molecule has 1 unspecified atom stereocenters. The van der Waals surface area contributed by atoms with Crippen molar-refractivity contribution in [2.75, 3.05) is 24.5 Å². The summed E-state index contributed by atoms with van der Waals surface area (Å²) < 4.78 is 38.5. The Kier molecular flexibility index (Phi) is 6.32. The number of halogens is 4. The fraction of sp³-hybridized carbons (Fsp3) is 0.500. The predicted molar refractivity (Wildman–Crippen MR) is 115 cm³/mol. The van der Waals surface area contributed by atoms with Gasteiger partial charge >= 0.3 is 6.18 Å². The van der Waals surface area contributed by atoms with Crippen LogP contribution in [0.25, 0.3) is 10.2 Å². The van der Waals surface area contributed by atoms with Gasteiger partial charge in [0.25, 0.3) is 0 Å². The van der Waals surface area contributed by atoms with E-state index in [-0.39, 0.29) is 10.3 Å². The fourth-order valence-corrected chi connectivity index (χ4v) is 5.21. The molecule has 166 valence electrons. The van der Waals surface area contributed by atoms with Crippen LogP contribution in [0.4, 0.5) is 19.0 Å². The molecule has 3 aromatic heterocycles. The third kappa shape index (κ3) is 5.24. The van der Waals surface area contributed by atoms with E-state index in [0.717, 1.165) is 49.5 Å². The summed E-state index contributed by atoms with van der Waals surface area (Å²) >= 11 is 6.98. The summed E-state index contributed by atoms with van der Waals surface area (Å²) in [6.45, 7) is 5.08. The molecule has 1 atom stereocenters. The highest BCUT2D eigenvalue weighted by Crippen LogP contribution is 2.39. The van der Waals surface area contributed by atoms with Gasteiger partial charge in [-0.1, -0.05) is 18.5 Å². The van der Waals surface area contributed by atoms with Crippen molar-refractivity contribution in [3.8, 4) is 0 Å². The van der Waals surface area contributed by atoms with Gasteiger partial charge in [0.1, 0.15) is 22.1 Å². The molecule has 31 heavy (non-hydrogen) atoms. The van der Waals surface area contributed by atoms with Crippen LogP contribution >= 0.6 is 22.9 Å². The zero-order chi connectivity index (χ0) is 22.1. The Bertz CT molecular complexity index is 1060. The second-order valence-electron chi connectivity index (χ2n) is 7.88. The molecule has 0 aliphatic carbocycles. The third-order valence-corrected chi connectivity index (χ3v) is 6.91. The predicted octanol–water partition coefficient (Wildman–Crippen LogP) is 4.64. The van der Waals surface area contributed by atoms with Crippen LogP contribution in [-0.4, -0.2) is 45.7 Å². The number of nitrogens with zero attached hydrogens (tertiary/aromatic N) is 5. The van der Waals surface area contributed by atoms with Crippen LogP contribution in [-0.2, 0) is 13.0 Å². The molecule has 0 amide bonds. The molecule has 1 aliphatic heterocycles. The number of rotatable bonds is 7. The van der Waals surface area contributed by atoms with Gasteiger partial charge in [-0.25, -0.2) is 15.0 Å². The van der Waals surface area contributed by atoms with E-state index in [0.29, 0.717) is 27.7 Å². The Morgan fingerprint density at radius 2 is 2.13 bits per heavy atom. The van der Waals surface area contributed by atoms with E-state index < -0.39 is 12.6 Å². The van der Waals surface area contributed by atoms with Gasteiger partial charge in [-0.3, -0.25) is 4.98 Å². The van der Waals surface area contributed by atoms with Gasteiger partial charge in [-0.05, 0) is 18.9 Å². The highest BCUT2D eigenvalue weighted by molar-refractivity contribution is 7.18. The van der Waals surface area contributed by atoms with Crippen molar-refractivity contribution in [1.29, 1.82) is 0 Å². The van der Waals surface area contributed by atoms with E-state index >= 15 is 0 Å². The van der Waals surface area contributed by atoms with Gasteiger partial charge < -0.3 is 10.2 Å². The molecule has 3 aromatic rings. The fourth-order valence-electron chi connectivity index (χ4n) is 4.02. The van der Waals surface area contributed by atoms with Crippen LogP contribution < -0.4 is 10.2 Å². The van der Waals surface area contributed by atoms with Gasteiger partial charge in [-0.15, -0.1) is 11.3 Å². The van der Waals surface area contributed by atoms with Crippen molar-refractivity contribution in [2.24, 2.45) is 5.41 Å². The molecule has 4 heterocycles. The lowest BCUT2D eigenvalue weighted by Crippen LogP contribution is -2.36. The van der Waals surface area contributed by atoms with Gasteiger partial charge in [0.05, 0.1) is 23.7 Å². The highest BCUT2D eigenvalue weighted by atomic mass is 35.5. The Balaban J connectivity index is 1.47. The summed E-state index contributed by atoms with van der Waals surface area (Å²) in [5, 5.41) is 4.52. The molecule has 6 nitrogen and oxygen atoms in total. The zero-order valence-corrected chi connectivity index (χ0v) is 18.5. The van der Waals surface area contributed by atoms with Gasteiger partial charge in [0, 0.05) is 42.7 Å². The Hall–Kier alpha value is -2.04. The number of hydrogen-bond donors (Lipinski definition) is 1. The van der Waals surface area contributed by atoms with Crippen LogP contribution in [0.15, 0.2) is 24.8 Å². The number of hydrogen-bond acceptors (Lipinski definition) is 7. The van der Waals surface area contributed by atoms with Crippen LogP contribution in [0, 0.1) is 5.41 Å². The van der Waals surface area contributed by atoms with E-state index in [1.165, 1.54) is 12.5 Å². The normalized spacial score (nSPS) is 19.5. The van der Waals surface area contributed by atoms with Crippen LogP contribution in [0.1, 0.15) is 30.3 Å². The van der Waals surface area contributed by atoms with E-state index in [1.807, 2.05) is 0 Å². The number of alkyl halides is 3. The van der Waals surface area contributed by atoms with Crippen molar-refractivity contribution < 1.29 is 13.2 Å². The van der Waals surface area contributed by atoms with Gasteiger partial charge in [-0.2, -0.15) is 13.2 Å². The summed E-state index contributed by atoms with van der Waals surface area (Å²) in [4.78, 5) is 19.9. The second kappa shape index (κ2) is 8.84. The maximum atomic E-state index is 12.8. The minimum absolute atomic E-state index is 0.0358. The largest absolute Gasteiger partial charge is 0.393 e. The van der Waals surface area contributed by atoms with Crippen LogP contribution in [0.2, 0.25) is 5.15 Å². The third-order valence-electron chi connectivity index (χ3n) is 5.68. The summed E-state index contributed by atoms with van der Waals surface area (Å²) in [6.07, 6.45) is 1.37. The molecule has 11 heteroatoms. The highest BCUT2D eigenvalue weighted by Gasteiger charge is 2.37. The number of fused-ring (bicyclic) bond motifs is 1. The summed E-state index contributed by atoms with van der Waals surface area (Å²) in [5.74, 6) is 0.714. The average Bonchev–Trinajstić information content (AvgIpc) is 3.30. The molecular weight excluding hydrogens is 449 g/mol. The maximum absolute atomic E-state index is 12.8. The number of nitrogens with one attached hydrogen (secondary N) is 1. The molecule has 0 saturated carbocycles. The van der Waals surface area contributed by atoms with Crippen molar-refractivity contribution in [3.63, 3.8) is 0 Å². The van der Waals surface area contributed by atoms with Gasteiger partial charge in [0.15, 0.2) is 0 Å². The first kappa shape index (κ1) is 22.2. The molecule has 0 aromatic carbocycles. The SMILES string of the molecule is CCC1(CNCc2cncc(Cl)n2)CCN(c2ncnc3sc(CC(F)(F)F)cc23)C1. The average molecular weight is 471 g/mol. The zero-order valence-electron chi connectivity index (χ0n) is 16.9. The molecule has 0 spiro atoms. The number of aromatic nitrogens is 4. The van der Waals surface area contributed by atoms with Crippen molar-refractivity contribution in [1.82, 2.24) is 25.3 Å². The molecule has 1 saturated heterocycles. The lowest BCUT2D eigenvalue weighted by Gasteiger charge is -2.29. The van der Waals surface area contributed by atoms with Crippen molar-refractivity contribution in [3.05, 3.63) is 40.5 Å². The summed E-state index contributed by atoms with van der Waals surface area (Å²) in [5.41, 5.74) is 0.815. The first-order valence-corrected chi connectivity index (χ1v) is 11.2. The number of anilines is 1. The second-order valence-corrected chi connectivity index (χ2v) is 9.39. The Morgan fingerprint density at radius 1 is 1.29 bits per heavy atom. The smallest absolute Gasteiger partial charge is 0.355 e. The lowest BCUT2D eigenvalue weighted by atomic mass is 9.84. The topological polar surface area (TPSA) is 66.8 Å². The molecule has 4 rings (SSSR count). The quantitative estimate of drug-likeness (QED) is 0.543.